The Kier molecular flexibility index (Phi) is 9.84. The molecule has 0 bridgehead atoms. The standard InChI is InChI=1S/C30H28F6N6O3/c1-4-22-14-24(26-23(8-9-25(40-26)44-3)42(22)28(43)45-5-2)41(27-38-15-18(16-39-27)7-6-10-37)17-19-11-20(29(31,32)33)13-21(12-19)30(34,35)36/h6-9,11-13,15-16,22,24H,4-5,14,17H2,1-3H3/b7-6+/t22-,24+/m1/s1. The fourth-order valence-electron chi connectivity index (χ4n) is 5.07. The number of carbonyl (C=O) groups is 1. The lowest BCUT2D eigenvalue weighted by Crippen LogP contribution is -2.48. The number of amides is 1. The predicted octanol–water partition coefficient (Wildman–Crippen LogP) is 7.35. The normalized spacial score (nSPS) is 16.7. The summed E-state index contributed by atoms with van der Waals surface area (Å²) in [6.45, 7) is 3.09. The zero-order valence-electron chi connectivity index (χ0n) is 24.4. The molecule has 1 aliphatic heterocycles. The minimum Gasteiger partial charge on any atom is -0.481 e. The number of allylic oxidation sites excluding steroid dienone is 1. The summed E-state index contributed by atoms with van der Waals surface area (Å²) in [6, 6.07) is 4.98. The van der Waals surface area contributed by atoms with Gasteiger partial charge in [0, 0.05) is 42.7 Å². The number of anilines is 2. The minimum atomic E-state index is -5.05. The third-order valence-corrected chi connectivity index (χ3v) is 7.10. The van der Waals surface area contributed by atoms with E-state index < -0.39 is 48.2 Å². The number of nitriles is 1. The van der Waals surface area contributed by atoms with Gasteiger partial charge in [0.25, 0.3) is 0 Å². The van der Waals surface area contributed by atoms with Crippen LogP contribution in [0.1, 0.15) is 60.7 Å². The van der Waals surface area contributed by atoms with Crippen molar-refractivity contribution < 1.29 is 40.6 Å². The van der Waals surface area contributed by atoms with Crippen LogP contribution in [-0.4, -0.2) is 40.8 Å². The van der Waals surface area contributed by atoms with Gasteiger partial charge < -0.3 is 14.4 Å². The fourth-order valence-corrected chi connectivity index (χ4v) is 5.07. The smallest absolute Gasteiger partial charge is 0.416 e. The van der Waals surface area contributed by atoms with E-state index in [1.807, 2.05) is 13.0 Å². The average Bonchev–Trinajstić information content (AvgIpc) is 3.01. The van der Waals surface area contributed by atoms with Gasteiger partial charge in [0.15, 0.2) is 0 Å². The van der Waals surface area contributed by atoms with Crippen molar-refractivity contribution in [1.29, 1.82) is 5.26 Å². The van der Waals surface area contributed by atoms with Crippen LogP contribution in [0.5, 0.6) is 5.88 Å². The second-order valence-corrected chi connectivity index (χ2v) is 9.96. The van der Waals surface area contributed by atoms with Crippen LogP contribution < -0.4 is 14.5 Å². The lowest BCUT2D eigenvalue weighted by molar-refractivity contribution is -0.143. The monoisotopic (exact) mass is 634 g/mol. The van der Waals surface area contributed by atoms with E-state index in [0.717, 1.165) is 0 Å². The predicted molar refractivity (Wildman–Crippen MR) is 151 cm³/mol. The maximum Gasteiger partial charge on any atom is 0.416 e. The molecule has 0 saturated carbocycles. The largest absolute Gasteiger partial charge is 0.481 e. The van der Waals surface area contributed by atoms with E-state index in [0.29, 0.717) is 29.8 Å². The van der Waals surface area contributed by atoms with E-state index in [4.69, 9.17) is 14.7 Å². The second kappa shape index (κ2) is 13.4. The van der Waals surface area contributed by atoms with Crippen molar-refractivity contribution in [3.63, 3.8) is 0 Å². The van der Waals surface area contributed by atoms with Crippen molar-refractivity contribution in [2.24, 2.45) is 0 Å². The molecule has 0 aliphatic carbocycles. The van der Waals surface area contributed by atoms with E-state index in [1.165, 1.54) is 47.5 Å². The maximum absolute atomic E-state index is 13.7. The van der Waals surface area contributed by atoms with Crippen LogP contribution in [0, 0.1) is 11.3 Å². The Labute approximate surface area is 254 Å². The topological polar surface area (TPSA) is 104 Å². The van der Waals surface area contributed by atoms with Gasteiger partial charge >= 0.3 is 18.4 Å². The van der Waals surface area contributed by atoms with E-state index in [-0.39, 0.29) is 42.2 Å². The lowest BCUT2D eigenvalue weighted by atomic mass is 9.92. The van der Waals surface area contributed by atoms with Crippen LogP contribution in [0.25, 0.3) is 6.08 Å². The van der Waals surface area contributed by atoms with Gasteiger partial charge in [0.2, 0.25) is 11.8 Å². The molecule has 0 fully saturated rings. The van der Waals surface area contributed by atoms with Crippen LogP contribution in [0.2, 0.25) is 0 Å². The highest BCUT2D eigenvalue weighted by Gasteiger charge is 2.42. The molecule has 0 radical (unpaired) electrons. The number of hydrogen-bond donors (Lipinski definition) is 0. The number of alkyl halides is 6. The summed E-state index contributed by atoms with van der Waals surface area (Å²) >= 11 is 0. The molecule has 1 amide bonds. The number of benzene rings is 1. The number of carbonyl (C=O) groups excluding carboxylic acids is 1. The van der Waals surface area contributed by atoms with Gasteiger partial charge in [-0.25, -0.2) is 19.7 Å². The SMILES string of the molecule is CCOC(=O)N1c2ccc(OC)nc2[C@@H](N(Cc2cc(C(F)(F)F)cc(C(F)(F)F)c2)c2ncc(/C=C/C#N)cn2)C[C@H]1CC. The molecule has 1 aliphatic rings. The first kappa shape index (κ1) is 33.0. The number of nitrogens with zero attached hydrogens (tertiary/aromatic N) is 6. The number of hydrogen-bond acceptors (Lipinski definition) is 8. The molecule has 15 heteroatoms. The highest BCUT2D eigenvalue weighted by Crippen LogP contribution is 2.44. The zero-order chi connectivity index (χ0) is 32.9. The van der Waals surface area contributed by atoms with Gasteiger partial charge in [-0.05, 0) is 55.7 Å². The Bertz CT molecular complexity index is 1550. The van der Waals surface area contributed by atoms with Gasteiger partial charge in [-0.3, -0.25) is 4.90 Å². The molecule has 2 aromatic heterocycles. The molecule has 45 heavy (non-hydrogen) atoms. The van der Waals surface area contributed by atoms with Crippen molar-refractivity contribution in [3.8, 4) is 11.9 Å². The van der Waals surface area contributed by atoms with Crippen LogP contribution >= 0.6 is 0 Å². The van der Waals surface area contributed by atoms with Gasteiger partial charge in [-0.15, -0.1) is 0 Å². The van der Waals surface area contributed by atoms with Crippen molar-refractivity contribution in [1.82, 2.24) is 15.0 Å². The Balaban J connectivity index is 1.93. The van der Waals surface area contributed by atoms with Crippen LogP contribution in [0.15, 0.2) is 48.8 Å². The summed E-state index contributed by atoms with van der Waals surface area (Å²) in [5.74, 6) is 0.129. The van der Waals surface area contributed by atoms with Crippen molar-refractivity contribution in [3.05, 3.63) is 76.7 Å². The van der Waals surface area contributed by atoms with E-state index in [1.54, 1.807) is 13.0 Å². The fraction of sp³-hybridized carbons (Fsp3) is 0.367. The third kappa shape index (κ3) is 7.44. The Morgan fingerprint density at radius 3 is 2.27 bits per heavy atom. The van der Waals surface area contributed by atoms with E-state index in [2.05, 4.69) is 15.0 Å². The molecule has 4 rings (SSSR count). The van der Waals surface area contributed by atoms with Gasteiger partial charge in [0.05, 0.1) is 48.3 Å². The second-order valence-electron chi connectivity index (χ2n) is 9.96. The molecule has 9 nitrogen and oxygen atoms in total. The van der Waals surface area contributed by atoms with Gasteiger partial charge in [-0.1, -0.05) is 6.92 Å². The molecule has 0 spiro atoms. The maximum atomic E-state index is 13.7. The van der Waals surface area contributed by atoms with E-state index in [9.17, 15) is 31.1 Å². The molecule has 0 unspecified atom stereocenters. The van der Waals surface area contributed by atoms with E-state index >= 15 is 0 Å². The third-order valence-electron chi connectivity index (χ3n) is 7.10. The Hall–Kier alpha value is -4.87. The minimum absolute atomic E-state index is 0.0323. The Morgan fingerprint density at radius 2 is 1.73 bits per heavy atom. The first-order valence-electron chi connectivity index (χ1n) is 13.7. The summed E-state index contributed by atoms with van der Waals surface area (Å²) < 4.78 is 93.1. The number of pyridine rings is 1. The summed E-state index contributed by atoms with van der Waals surface area (Å²) in [6.07, 6.45) is -4.81. The number of halogens is 6. The highest BCUT2D eigenvalue weighted by molar-refractivity contribution is 5.90. The molecule has 3 heterocycles. The number of ether oxygens (including phenoxy) is 2. The quantitative estimate of drug-likeness (QED) is 0.187. The van der Waals surface area contributed by atoms with Crippen LogP contribution in [0.4, 0.5) is 42.8 Å². The van der Waals surface area contributed by atoms with Crippen molar-refractivity contribution in [2.45, 2.75) is 57.7 Å². The zero-order valence-corrected chi connectivity index (χ0v) is 24.4. The summed E-state index contributed by atoms with van der Waals surface area (Å²) in [7, 11) is 1.38. The molecule has 238 valence electrons. The molecule has 0 N–H and O–H groups in total. The van der Waals surface area contributed by atoms with Gasteiger partial charge in [-0.2, -0.15) is 31.6 Å². The number of rotatable bonds is 8. The van der Waals surface area contributed by atoms with Crippen molar-refractivity contribution >= 4 is 23.8 Å². The number of methoxy groups -OCH3 is 1. The lowest BCUT2D eigenvalue weighted by Gasteiger charge is -2.43. The summed E-state index contributed by atoms with van der Waals surface area (Å²) in [4.78, 5) is 29.2. The molecule has 1 aromatic carbocycles. The van der Waals surface area contributed by atoms with Crippen molar-refractivity contribution in [2.75, 3.05) is 23.5 Å². The molecule has 2 atom stereocenters. The Morgan fingerprint density at radius 1 is 1.09 bits per heavy atom. The number of aromatic nitrogens is 3. The van der Waals surface area contributed by atoms with Crippen LogP contribution in [0.3, 0.4) is 0 Å². The molecular formula is C30H28F6N6O3. The number of fused-ring (bicyclic) bond motifs is 1. The highest BCUT2D eigenvalue weighted by atomic mass is 19.4. The summed E-state index contributed by atoms with van der Waals surface area (Å²) in [5, 5.41) is 8.84. The van der Waals surface area contributed by atoms with Crippen LogP contribution in [-0.2, 0) is 23.6 Å². The van der Waals surface area contributed by atoms with Gasteiger partial charge in [0.1, 0.15) is 0 Å². The first-order valence-corrected chi connectivity index (χ1v) is 13.7. The molecule has 0 saturated heterocycles. The summed E-state index contributed by atoms with van der Waals surface area (Å²) in [5.41, 5.74) is -2.21. The molecular weight excluding hydrogens is 606 g/mol. The molecule has 3 aromatic rings. The first-order chi connectivity index (χ1) is 21.3. The average molecular weight is 635 g/mol.